The molecule has 0 bridgehead atoms. The molecule has 0 aliphatic rings. The number of amides is 1. The fourth-order valence-corrected chi connectivity index (χ4v) is 2.19. The molecule has 1 aromatic heterocycles. The summed E-state index contributed by atoms with van der Waals surface area (Å²) >= 11 is 0. The van der Waals surface area contributed by atoms with Gasteiger partial charge in [-0.25, -0.2) is 0 Å². The van der Waals surface area contributed by atoms with Crippen LogP contribution in [0.2, 0.25) is 0 Å². The van der Waals surface area contributed by atoms with Gasteiger partial charge in [0.15, 0.2) is 0 Å². The van der Waals surface area contributed by atoms with E-state index in [4.69, 9.17) is 5.53 Å². The zero-order chi connectivity index (χ0) is 16.8. The Hall–Kier alpha value is -3.12. The first kappa shape index (κ1) is 16.3. The summed E-state index contributed by atoms with van der Waals surface area (Å²) < 4.78 is 1.55. The molecule has 1 N–H and O–H groups in total. The van der Waals surface area contributed by atoms with Crippen LogP contribution in [-0.4, -0.2) is 28.0 Å². The number of aryl methyl sites for hydroxylation is 2. The molecule has 0 spiro atoms. The van der Waals surface area contributed by atoms with E-state index in [-0.39, 0.29) is 12.3 Å². The molecule has 0 atom stereocenters. The van der Waals surface area contributed by atoms with E-state index in [0.717, 1.165) is 0 Å². The largest absolute Gasteiger partial charge is 0.322 e. The maximum atomic E-state index is 12.8. The van der Waals surface area contributed by atoms with Gasteiger partial charge >= 0.3 is 0 Å². The topological polar surface area (TPSA) is 113 Å². The molecule has 118 valence electrons. The first-order valence-corrected chi connectivity index (χ1v) is 7.06. The highest BCUT2D eigenvalue weighted by atomic mass is 16.2. The second-order valence-electron chi connectivity index (χ2n) is 4.76. The van der Waals surface area contributed by atoms with Crippen molar-refractivity contribution in [2.75, 3.05) is 11.9 Å². The van der Waals surface area contributed by atoms with Crippen molar-refractivity contribution in [2.45, 2.75) is 20.4 Å². The number of anilines is 1. The summed E-state index contributed by atoms with van der Waals surface area (Å²) in [7, 11) is 0. The monoisotopic (exact) mass is 312 g/mol. The molecular formula is C15H16N6O2. The van der Waals surface area contributed by atoms with Crippen molar-refractivity contribution in [3.8, 4) is 0 Å². The van der Waals surface area contributed by atoms with Crippen LogP contribution in [0.3, 0.4) is 0 Å². The van der Waals surface area contributed by atoms with Crippen molar-refractivity contribution >= 4 is 17.4 Å². The number of ketones is 1. The molecule has 1 amide bonds. The number of aromatic nitrogens is 2. The fraction of sp³-hybridized carbons (Fsp3) is 0.267. The van der Waals surface area contributed by atoms with Gasteiger partial charge in [-0.05, 0) is 19.4 Å². The zero-order valence-corrected chi connectivity index (χ0v) is 12.9. The maximum absolute atomic E-state index is 12.8. The molecule has 2 rings (SSSR count). The minimum absolute atomic E-state index is 0.230. The van der Waals surface area contributed by atoms with Crippen LogP contribution in [0.5, 0.6) is 0 Å². The molecule has 23 heavy (non-hydrogen) atoms. The van der Waals surface area contributed by atoms with E-state index in [1.807, 2.05) is 13.0 Å². The Balaban J connectivity index is 2.43. The summed E-state index contributed by atoms with van der Waals surface area (Å²) in [5.74, 6) is -0.726. The van der Waals surface area contributed by atoms with E-state index in [1.165, 1.54) is 0 Å². The molecular weight excluding hydrogens is 296 g/mol. The van der Waals surface area contributed by atoms with Crippen LogP contribution in [0.15, 0.2) is 35.4 Å². The van der Waals surface area contributed by atoms with Crippen molar-refractivity contribution in [1.82, 2.24) is 9.78 Å². The molecule has 0 aliphatic heterocycles. The van der Waals surface area contributed by atoms with Gasteiger partial charge in [0.2, 0.25) is 11.7 Å². The van der Waals surface area contributed by atoms with Crippen LogP contribution in [0, 0.1) is 6.92 Å². The van der Waals surface area contributed by atoms with E-state index < -0.39 is 5.91 Å². The summed E-state index contributed by atoms with van der Waals surface area (Å²) in [6, 6.07) is 8.77. The number of nitrogens with zero attached hydrogens (tertiary/aromatic N) is 5. The van der Waals surface area contributed by atoms with Crippen molar-refractivity contribution < 1.29 is 9.59 Å². The molecule has 0 saturated carbocycles. The quantitative estimate of drug-likeness (QED) is 0.383. The Morgan fingerprint density at radius 2 is 2.04 bits per heavy atom. The predicted molar refractivity (Wildman–Crippen MR) is 85.2 cm³/mol. The molecule has 8 nitrogen and oxygen atoms in total. The van der Waals surface area contributed by atoms with Crippen molar-refractivity contribution in [3.63, 3.8) is 0 Å². The molecule has 0 unspecified atom stereocenters. The lowest BCUT2D eigenvalue weighted by Crippen LogP contribution is -2.18. The molecule has 1 heterocycles. The third-order valence-electron chi connectivity index (χ3n) is 3.22. The number of azide groups is 1. The Morgan fingerprint density at radius 3 is 2.65 bits per heavy atom. The molecule has 0 saturated heterocycles. The zero-order valence-electron chi connectivity index (χ0n) is 12.9. The Kier molecular flexibility index (Phi) is 5.11. The van der Waals surface area contributed by atoms with E-state index >= 15 is 0 Å². The highest BCUT2D eigenvalue weighted by molar-refractivity contribution is 6.13. The van der Waals surface area contributed by atoms with E-state index in [0.29, 0.717) is 29.2 Å². The van der Waals surface area contributed by atoms with Crippen LogP contribution < -0.4 is 5.32 Å². The first-order chi connectivity index (χ1) is 11.1. The first-order valence-electron chi connectivity index (χ1n) is 7.06. The molecule has 0 fully saturated rings. The minimum atomic E-state index is -0.497. The van der Waals surface area contributed by atoms with Gasteiger partial charge in [0, 0.05) is 17.0 Å². The summed E-state index contributed by atoms with van der Waals surface area (Å²) in [5.41, 5.74) is 9.97. The Morgan fingerprint density at radius 1 is 1.35 bits per heavy atom. The molecule has 1 aromatic carbocycles. The van der Waals surface area contributed by atoms with Gasteiger partial charge in [0.1, 0.15) is 12.2 Å². The van der Waals surface area contributed by atoms with Crippen LogP contribution in [0.4, 0.5) is 5.69 Å². The van der Waals surface area contributed by atoms with Crippen LogP contribution in [-0.2, 0) is 11.3 Å². The standard InChI is InChI=1S/C15H16N6O2/c1-3-21-14(15(23)11-7-5-4-6-8-11)13(10(2)19-21)18-12(22)9-17-20-16/h4-8H,3,9H2,1-2H3,(H,18,22). The second kappa shape index (κ2) is 7.24. The van der Waals surface area contributed by atoms with Gasteiger partial charge in [0.25, 0.3) is 0 Å². The number of nitrogens with one attached hydrogen (secondary N) is 1. The summed E-state index contributed by atoms with van der Waals surface area (Å²) in [6.07, 6.45) is 0. The third-order valence-corrected chi connectivity index (χ3v) is 3.22. The average molecular weight is 312 g/mol. The number of benzene rings is 1. The van der Waals surface area contributed by atoms with Crippen molar-refractivity contribution in [1.29, 1.82) is 0 Å². The summed E-state index contributed by atoms with van der Waals surface area (Å²) in [6.45, 7) is 3.71. The minimum Gasteiger partial charge on any atom is -0.322 e. The lowest BCUT2D eigenvalue weighted by atomic mass is 10.1. The third kappa shape index (κ3) is 3.56. The fourth-order valence-electron chi connectivity index (χ4n) is 2.19. The van der Waals surface area contributed by atoms with Gasteiger partial charge in [0.05, 0.1) is 11.4 Å². The normalized spacial score (nSPS) is 10.0. The van der Waals surface area contributed by atoms with Gasteiger partial charge in [-0.15, -0.1) is 0 Å². The summed E-state index contributed by atoms with van der Waals surface area (Å²) in [5, 5.41) is 10.1. The van der Waals surface area contributed by atoms with Crippen molar-refractivity contribution in [3.05, 3.63) is 57.7 Å². The van der Waals surface area contributed by atoms with E-state index in [9.17, 15) is 9.59 Å². The smallest absolute Gasteiger partial charge is 0.230 e. The van der Waals surface area contributed by atoms with Crippen molar-refractivity contribution in [2.24, 2.45) is 5.11 Å². The summed E-state index contributed by atoms with van der Waals surface area (Å²) in [4.78, 5) is 27.1. The van der Waals surface area contributed by atoms with Crippen LogP contribution in [0.25, 0.3) is 10.4 Å². The average Bonchev–Trinajstić information content (AvgIpc) is 2.89. The second-order valence-corrected chi connectivity index (χ2v) is 4.76. The molecule has 0 aliphatic carbocycles. The number of hydrogen-bond donors (Lipinski definition) is 1. The lowest BCUT2D eigenvalue weighted by molar-refractivity contribution is -0.114. The SMILES string of the molecule is CCn1nc(C)c(NC(=O)CN=[N+]=[N-])c1C(=O)c1ccccc1. The Bertz CT molecular complexity index is 775. The van der Waals surface area contributed by atoms with E-state index in [2.05, 4.69) is 20.4 Å². The number of rotatable bonds is 6. The maximum Gasteiger partial charge on any atom is 0.230 e. The number of carbonyl (C=O) groups excluding carboxylic acids is 2. The van der Waals surface area contributed by atoms with Gasteiger partial charge in [-0.2, -0.15) is 5.10 Å². The highest BCUT2D eigenvalue weighted by Gasteiger charge is 2.23. The van der Waals surface area contributed by atoms with Crippen LogP contribution in [0.1, 0.15) is 28.7 Å². The molecule has 8 heteroatoms. The number of hydrogen-bond acceptors (Lipinski definition) is 4. The predicted octanol–water partition coefficient (Wildman–Crippen LogP) is 2.69. The highest BCUT2D eigenvalue weighted by Crippen LogP contribution is 2.23. The molecule has 0 radical (unpaired) electrons. The van der Waals surface area contributed by atoms with Gasteiger partial charge in [-0.1, -0.05) is 35.4 Å². The Labute approximate surface area is 132 Å². The molecule has 2 aromatic rings. The van der Waals surface area contributed by atoms with E-state index in [1.54, 1.807) is 35.9 Å². The lowest BCUT2D eigenvalue weighted by Gasteiger charge is -2.08. The van der Waals surface area contributed by atoms with Crippen LogP contribution >= 0.6 is 0 Å². The number of carbonyl (C=O) groups is 2. The van der Waals surface area contributed by atoms with Gasteiger partial charge < -0.3 is 5.32 Å². The van der Waals surface area contributed by atoms with Gasteiger partial charge in [-0.3, -0.25) is 14.3 Å².